The summed E-state index contributed by atoms with van der Waals surface area (Å²) >= 11 is 1.51. The normalized spacial score (nSPS) is 19.0. The second kappa shape index (κ2) is 21.8. The summed E-state index contributed by atoms with van der Waals surface area (Å²) in [6.45, 7) is 14.3. The maximum Gasteiger partial charge on any atom is 0.245 e. The first-order chi connectivity index (χ1) is 26.1. The van der Waals surface area contributed by atoms with Gasteiger partial charge in [-0.3, -0.25) is 24.1 Å². The van der Waals surface area contributed by atoms with E-state index in [0.29, 0.717) is 19.4 Å². The standard InChI is InChI=1S/C42H68N6O6S/c1-13-28(6)37(47(10)42(52)35(26(2)3)45-40(51)36(27(4)5)46(8)9)33(53-11)25-34(49)48-22-17-20-32(48)38(54-12)29(7)39(50)44-31(41-43-21-23-55-41)24-30-18-15-14-16-19-30/h14-16,18-19,21,23,26-29,31-33,35-38H,13,17,20,22,24-25H2,1-12H3,(H,44,50)(H,45,51)/t28?,29-,31-,32-,33-,35-,36-,37+,38+/m0/s1. The second-order valence-electron chi connectivity index (χ2n) is 16.1. The molecular weight excluding hydrogens is 717 g/mol. The van der Waals surface area contributed by atoms with E-state index >= 15 is 0 Å². The molecule has 0 spiro atoms. The van der Waals surface area contributed by atoms with Gasteiger partial charge in [0.05, 0.1) is 48.7 Å². The van der Waals surface area contributed by atoms with Crippen LogP contribution >= 0.6 is 11.3 Å². The summed E-state index contributed by atoms with van der Waals surface area (Å²) in [5, 5.41) is 9.02. The topological polar surface area (TPSA) is 133 Å². The fraction of sp³-hybridized carbons (Fsp3) is 0.690. The molecule has 2 aromatic rings. The van der Waals surface area contributed by atoms with E-state index < -0.39 is 30.2 Å². The molecule has 9 atom stereocenters. The van der Waals surface area contributed by atoms with Gasteiger partial charge >= 0.3 is 0 Å². The molecule has 3 rings (SSSR count). The molecule has 55 heavy (non-hydrogen) atoms. The van der Waals surface area contributed by atoms with Crippen LogP contribution < -0.4 is 10.6 Å². The van der Waals surface area contributed by atoms with Crippen LogP contribution in [0.3, 0.4) is 0 Å². The number of nitrogens with one attached hydrogen (secondary N) is 2. The molecule has 1 aromatic heterocycles. The third kappa shape index (κ3) is 12.1. The van der Waals surface area contributed by atoms with Crippen molar-refractivity contribution >= 4 is 35.0 Å². The van der Waals surface area contributed by atoms with Gasteiger partial charge in [-0.25, -0.2) is 4.98 Å². The molecule has 2 N–H and O–H groups in total. The lowest BCUT2D eigenvalue weighted by molar-refractivity contribution is -0.148. The minimum atomic E-state index is -0.751. The quantitative estimate of drug-likeness (QED) is 0.177. The number of benzene rings is 1. The van der Waals surface area contributed by atoms with Crippen LogP contribution in [0.25, 0.3) is 0 Å². The molecule has 13 heteroatoms. The second-order valence-corrected chi connectivity index (χ2v) is 17.0. The number of carbonyl (C=O) groups excluding carboxylic acids is 4. The monoisotopic (exact) mass is 784 g/mol. The molecule has 1 unspecified atom stereocenters. The molecule has 1 fully saturated rings. The smallest absolute Gasteiger partial charge is 0.245 e. The lowest BCUT2D eigenvalue weighted by Crippen LogP contribution is -2.59. The summed E-state index contributed by atoms with van der Waals surface area (Å²) in [6.07, 6.45) is 3.49. The van der Waals surface area contributed by atoms with Crippen molar-refractivity contribution < 1.29 is 28.7 Å². The molecule has 12 nitrogen and oxygen atoms in total. The van der Waals surface area contributed by atoms with Gasteiger partial charge in [-0.15, -0.1) is 11.3 Å². The first-order valence-electron chi connectivity index (χ1n) is 19.9. The molecule has 1 saturated heterocycles. The lowest BCUT2D eigenvalue weighted by atomic mass is 9.89. The average molecular weight is 785 g/mol. The fourth-order valence-electron chi connectivity index (χ4n) is 8.17. The molecule has 1 aromatic carbocycles. The number of methoxy groups -OCH3 is 2. The summed E-state index contributed by atoms with van der Waals surface area (Å²) in [5.41, 5.74) is 1.09. The van der Waals surface area contributed by atoms with E-state index in [-0.39, 0.29) is 65.9 Å². The van der Waals surface area contributed by atoms with Gasteiger partial charge in [-0.05, 0) is 56.7 Å². The van der Waals surface area contributed by atoms with Crippen molar-refractivity contribution in [2.45, 2.75) is 123 Å². The van der Waals surface area contributed by atoms with E-state index in [1.807, 2.05) is 94.2 Å². The highest BCUT2D eigenvalue weighted by atomic mass is 32.1. The minimum absolute atomic E-state index is 0.00751. The van der Waals surface area contributed by atoms with Crippen LogP contribution in [0.1, 0.15) is 90.8 Å². The van der Waals surface area contributed by atoms with Gasteiger partial charge in [-0.2, -0.15) is 0 Å². The first-order valence-corrected chi connectivity index (χ1v) is 20.8. The zero-order chi connectivity index (χ0) is 41.0. The van der Waals surface area contributed by atoms with Gasteiger partial charge in [0.25, 0.3) is 0 Å². The van der Waals surface area contributed by atoms with Crippen molar-refractivity contribution in [1.29, 1.82) is 0 Å². The molecule has 2 heterocycles. The fourth-order valence-corrected chi connectivity index (χ4v) is 8.86. The van der Waals surface area contributed by atoms with E-state index in [2.05, 4.69) is 29.5 Å². The van der Waals surface area contributed by atoms with Crippen LogP contribution in [0, 0.1) is 23.7 Å². The number of nitrogens with zero attached hydrogens (tertiary/aromatic N) is 4. The molecule has 1 aliphatic rings. The van der Waals surface area contributed by atoms with Crippen molar-refractivity contribution in [2.24, 2.45) is 23.7 Å². The summed E-state index contributed by atoms with van der Waals surface area (Å²) < 4.78 is 12.1. The number of amides is 4. The summed E-state index contributed by atoms with van der Waals surface area (Å²) in [4.78, 5) is 65.8. The van der Waals surface area contributed by atoms with Crippen LogP contribution in [0.5, 0.6) is 0 Å². The molecule has 308 valence electrons. The number of rotatable bonds is 21. The minimum Gasteiger partial charge on any atom is -0.379 e. The van der Waals surface area contributed by atoms with Crippen LogP contribution in [-0.2, 0) is 35.1 Å². The predicted octanol–water partition coefficient (Wildman–Crippen LogP) is 5.19. The van der Waals surface area contributed by atoms with E-state index in [0.717, 1.165) is 23.4 Å². The third-order valence-corrected chi connectivity index (χ3v) is 12.2. The summed E-state index contributed by atoms with van der Waals surface area (Å²) in [6, 6.07) is 7.83. The summed E-state index contributed by atoms with van der Waals surface area (Å²) in [5.74, 6) is -1.35. The van der Waals surface area contributed by atoms with E-state index in [1.165, 1.54) is 11.3 Å². The maximum atomic E-state index is 14.3. The molecular formula is C42H68N6O6S. The van der Waals surface area contributed by atoms with Gasteiger partial charge in [0.2, 0.25) is 23.6 Å². The van der Waals surface area contributed by atoms with E-state index in [4.69, 9.17) is 9.47 Å². The number of aromatic nitrogens is 1. The van der Waals surface area contributed by atoms with E-state index in [1.54, 1.807) is 32.4 Å². The Bertz CT molecular complexity index is 1480. The molecule has 0 aliphatic carbocycles. The van der Waals surface area contributed by atoms with Crippen LogP contribution in [0.2, 0.25) is 0 Å². The zero-order valence-corrected chi connectivity index (χ0v) is 36.1. The Labute approximate surface area is 334 Å². The predicted molar refractivity (Wildman–Crippen MR) is 218 cm³/mol. The van der Waals surface area contributed by atoms with Crippen molar-refractivity contribution in [3.8, 4) is 0 Å². The Balaban J connectivity index is 1.79. The summed E-state index contributed by atoms with van der Waals surface area (Å²) in [7, 11) is 8.66. The van der Waals surface area contributed by atoms with Crippen molar-refractivity contribution in [2.75, 3.05) is 41.9 Å². The number of likely N-dealkylation sites (N-methyl/N-ethyl adjacent to an activating group) is 2. The number of likely N-dealkylation sites (tertiary alicyclic amines) is 1. The highest BCUT2D eigenvalue weighted by molar-refractivity contribution is 7.09. The van der Waals surface area contributed by atoms with Crippen molar-refractivity contribution in [3.63, 3.8) is 0 Å². The van der Waals surface area contributed by atoms with Gasteiger partial charge in [0, 0.05) is 39.4 Å². The molecule has 0 bridgehead atoms. The highest BCUT2D eigenvalue weighted by Crippen LogP contribution is 2.30. The van der Waals surface area contributed by atoms with Crippen LogP contribution in [0.15, 0.2) is 41.9 Å². The zero-order valence-electron chi connectivity index (χ0n) is 35.3. The number of carbonyl (C=O) groups is 4. The lowest BCUT2D eigenvalue weighted by Gasteiger charge is -2.41. The van der Waals surface area contributed by atoms with Gasteiger partial charge in [-0.1, -0.05) is 85.2 Å². The Morgan fingerprint density at radius 2 is 1.62 bits per heavy atom. The van der Waals surface area contributed by atoms with Crippen molar-refractivity contribution in [3.05, 3.63) is 52.5 Å². The molecule has 0 radical (unpaired) electrons. The van der Waals surface area contributed by atoms with Gasteiger partial charge in [0.1, 0.15) is 11.0 Å². The number of hydrogen-bond donors (Lipinski definition) is 2. The average Bonchev–Trinajstić information content (AvgIpc) is 3.87. The number of ether oxygens (including phenoxy) is 2. The Hall–Kier alpha value is -3.39. The molecule has 4 amide bonds. The Kier molecular flexibility index (Phi) is 18.2. The van der Waals surface area contributed by atoms with Crippen molar-refractivity contribution in [1.82, 2.24) is 30.3 Å². The van der Waals surface area contributed by atoms with Gasteiger partial charge in [0.15, 0.2) is 0 Å². The van der Waals surface area contributed by atoms with Crippen LogP contribution in [-0.4, -0.2) is 122 Å². The molecule has 1 aliphatic heterocycles. The largest absolute Gasteiger partial charge is 0.379 e. The van der Waals surface area contributed by atoms with Gasteiger partial charge < -0.3 is 29.9 Å². The maximum absolute atomic E-state index is 14.3. The van der Waals surface area contributed by atoms with E-state index in [9.17, 15) is 19.2 Å². The highest BCUT2D eigenvalue weighted by Gasteiger charge is 2.43. The number of hydrogen-bond acceptors (Lipinski definition) is 9. The first kappa shape index (κ1) is 46.0. The van der Waals surface area contributed by atoms with Crippen LogP contribution in [0.4, 0.5) is 0 Å². The third-order valence-electron chi connectivity index (χ3n) is 11.3. The SMILES string of the molecule is CCC(C)[C@H]([C@H](CC(=O)N1CCC[C@H]1[C@H](OC)[C@H](C)C(=O)N[C@@H](Cc1ccccc1)c1nccs1)OC)N(C)C(=O)[C@@H](NC(=O)[C@H](C(C)C)N(C)C)C(C)C. The molecule has 0 saturated carbocycles. The Morgan fingerprint density at radius 3 is 2.15 bits per heavy atom. The Morgan fingerprint density at radius 1 is 0.945 bits per heavy atom. The number of thiazole rings is 1.